The Morgan fingerprint density at radius 1 is 0.852 bits per heavy atom. The third kappa shape index (κ3) is 22.8. The van der Waals surface area contributed by atoms with Crippen LogP contribution in [0.1, 0.15) is 36.1 Å². The van der Waals surface area contributed by atoms with Crippen molar-refractivity contribution in [1.82, 2.24) is 5.32 Å². The zero-order chi connectivity index (χ0) is 18.1. The van der Waals surface area contributed by atoms with Crippen LogP contribution in [0.15, 0.2) is 0 Å². The van der Waals surface area contributed by atoms with Gasteiger partial charge in [-0.3, -0.25) is 0 Å². The van der Waals surface area contributed by atoms with Gasteiger partial charge in [-0.15, -0.1) is 0 Å². The molecule has 9 heteroatoms. The third-order valence-electron chi connectivity index (χ3n) is 3.04. The molecule has 0 heterocycles. The van der Waals surface area contributed by atoms with E-state index in [9.17, 15) is 0 Å². The van der Waals surface area contributed by atoms with E-state index in [1.54, 1.807) is 0 Å². The van der Waals surface area contributed by atoms with E-state index in [-0.39, 0.29) is 29.7 Å². The van der Waals surface area contributed by atoms with Gasteiger partial charge in [-0.05, 0) is 58.3 Å². The van der Waals surface area contributed by atoms with Crippen molar-refractivity contribution in [1.29, 1.82) is 0 Å². The van der Waals surface area contributed by atoms with Crippen LogP contribution >= 0.6 is 0 Å². The van der Waals surface area contributed by atoms with Gasteiger partial charge in [-0.2, -0.15) is 0 Å². The Bertz CT molecular complexity index is 330. The first kappa shape index (κ1) is 38.3. The summed E-state index contributed by atoms with van der Waals surface area (Å²) in [4.78, 5) is 0. The van der Waals surface area contributed by atoms with Crippen LogP contribution in [0.2, 0.25) is 58.4 Å². The van der Waals surface area contributed by atoms with Gasteiger partial charge in [0.2, 0.25) is 0 Å². The molecule has 0 aromatic carbocycles. The Labute approximate surface area is 178 Å². The standard InChI is InChI=1S/C14H40N2O3Si4.4CH4/c1-20(2)14-17-23(8,13-9-11-16-12-10-15)19-22(6,7)18-21(3,4)5;;;;/h16,20H,9-15H2,1-8H3;4*1H4. The van der Waals surface area contributed by atoms with Crippen LogP contribution in [0.25, 0.3) is 0 Å². The molecule has 0 saturated carbocycles. The van der Waals surface area contributed by atoms with Gasteiger partial charge in [-0.1, -0.05) is 42.8 Å². The molecule has 0 fully saturated rings. The summed E-state index contributed by atoms with van der Waals surface area (Å²) in [5.74, 6) is 0. The first-order valence-corrected chi connectivity index (χ1v) is 20.7. The minimum atomic E-state index is -2.19. The highest BCUT2D eigenvalue weighted by Gasteiger charge is 2.42. The topological polar surface area (TPSA) is 65.7 Å². The highest BCUT2D eigenvalue weighted by atomic mass is 28.5. The lowest BCUT2D eigenvalue weighted by Gasteiger charge is -2.38. The number of hydrogen-bond acceptors (Lipinski definition) is 5. The maximum absolute atomic E-state index is 6.60. The first-order valence-electron chi connectivity index (χ1n) is 8.84. The Kier molecular flexibility index (Phi) is 24.8. The Morgan fingerprint density at radius 2 is 1.37 bits per heavy atom. The fourth-order valence-electron chi connectivity index (χ4n) is 2.54. The van der Waals surface area contributed by atoms with Gasteiger partial charge in [0, 0.05) is 19.3 Å². The molecule has 1 atom stereocenters. The second kappa shape index (κ2) is 17.5. The summed E-state index contributed by atoms with van der Waals surface area (Å²) in [6.45, 7) is 20.4. The Balaban J connectivity index is -0.000000403. The monoisotopic (exact) mass is 460 g/mol. The summed E-state index contributed by atoms with van der Waals surface area (Å²) in [6, 6.07) is 1.01. The van der Waals surface area contributed by atoms with Gasteiger partial charge in [0.15, 0.2) is 8.32 Å². The zero-order valence-corrected chi connectivity index (χ0v) is 20.8. The van der Waals surface area contributed by atoms with Crippen molar-refractivity contribution in [3.63, 3.8) is 0 Å². The van der Waals surface area contributed by atoms with Crippen molar-refractivity contribution in [2.75, 3.05) is 25.9 Å². The predicted molar refractivity (Wildman–Crippen MR) is 138 cm³/mol. The summed E-state index contributed by atoms with van der Waals surface area (Å²) in [5.41, 5.74) is 5.51. The summed E-state index contributed by atoms with van der Waals surface area (Å²) in [6.07, 6.45) is 1.97. The molecule has 0 amide bonds. The molecule has 0 aromatic heterocycles. The average molecular weight is 461 g/mol. The molecule has 0 radical (unpaired) electrons. The highest BCUT2D eigenvalue weighted by molar-refractivity contribution is 6.86. The SMILES string of the molecule is C.C.C.C.C[SiH](C)CO[Si](C)(CCCNCCN)O[Si](C)(C)O[Si](C)(C)C. The summed E-state index contributed by atoms with van der Waals surface area (Å²) in [7, 11) is -6.68. The molecule has 3 N–H and O–H groups in total. The van der Waals surface area contributed by atoms with E-state index in [0.717, 1.165) is 31.8 Å². The summed E-state index contributed by atoms with van der Waals surface area (Å²) >= 11 is 0. The van der Waals surface area contributed by atoms with Gasteiger partial charge >= 0.3 is 17.1 Å². The number of rotatable bonds is 13. The predicted octanol–water partition coefficient (Wildman–Crippen LogP) is 5.15. The zero-order valence-electron chi connectivity index (χ0n) is 16.6. The van der Waals surface area contributed by atoms with E-state index >= 15 is 0 Å². The fraction of sp³-hybridized carbons (Fsp3) is 1.00. The average Bonchev–Trinajstić information content (AvgIpc) is 2.32. The molecule has 5 nitrogen and oxygen atoms in total. The molecule has 172 valence electrons. The van der Waals surface area contributed by atoms with Crippen molar-refractivity contribution in [3.8, 4) is 0 Å². The van der Waals surface area contributed by atoms with Crippen LogP contribution in [-0.2, 0) is 12.7 Å². The second-order valence-corrected chi connectivity index (χ2v) is 23.0. The van der Waals surface area contributed by atoms with Crippen LogP contribution < -0.4 is 11.1 Å². The van der Waals surface area contributed by atoms with Gasteiger partial charge in [0.25, 0.3) is 0 Å². The largest absolute Gasteiger partial charge is 0.437 e. The lowest BCUT2D eigenvalue weighted by atomic mass is 10.5. The fourth-order valence-corrected chi connectivity index (χ4v) is 17.5. The van der Waals surface area contributed by atoms with Gasteiger partial charge in [0.05, 0.1) is 8.80 Å². The van der Waals surface area contributed by atoms with Crippen molar-refractivity contribution >= 4 is 34.2 Å². The molecule has 1 unspecified atom stereocenters. The van der Waals surface area contributed by atoms with Crippen molar-refractivity contribution in [2.24, 2.45) is 5.73 Å². The minimum absolute atomic E-state index is 0. The third-order valence-corrected chi connectivity index (χ3v) is 14.4. The van der Waals surface area contributed by atoms with Crippen molar-refractivity contribution in [3.05, 3.63) is 0 Å². The maximum atomic E-state index is 6.60. The van der Waals surface area contributed by atoms with Crippen LogP contribution in [0, 0.1) is 0 Å². The Morgan fingerprint density at radius 3 is 1.78 bits per heavy atom. The smallest absolute Gasteiger partial charge is 0.325 e. The van der Waals surface area contributed by atoms with E-state index in [1.807, 2.05) is 0 Å². The lowest BCUT2D eigenvalue weighted by molar-refractivity contribution is 0.256. The molecule has 0 aliphatic heterocycles. The van der Waals surface area contributed by atoms with Crippen LogP contribution in [0.3, 0.4) is 0 Å². The van der Waals surface area contributed by atoms with Gasteiger partial charge in [-0.25, -0.2) is 0 Å². The van der Waals surface area contributed by atoms with E-state index in [2.05, 4.69) is 57.7 Å². The number of nitrogens with one attached hydrogen (secondary N) is 1. The summed E-state index contributed by atoms with van der Waals surface area (Å²) < 4.78 is 19.3. The Hall–Kier alpha value is 0.668. The van der Waals surface area contributed by atoms with E-state index in [0.29, 0.717) is 6.54 Å². The van der Waals surface area contributed by atoms with Crippen molar-refractivity contribution in [2.45, 2.75) is 94.5 Å². The normalized spacial score (nSPS) is 13.6. The second-order valence-electron chi connectivity index (χ2n) is 8.20. The molecular formula is C18H56N2O3Si4. The van der Waals surface area contributed by atoms with Crippen LogP contribution in [0.4, 0.5) is 0 Å². The molecular weight excluding hydrogens is 405 g/mol. The molecule has 0 bridgehead atoms. The van der Waals surface area contributed by atoms with Crippen LogP contribution in [-0.4, -0.2) is 60.1 Å². The van der Waals surface area contributed by atoms with E-state index in [1.165, 1.54) is 0 Å². The van der Waals surface area contributed by atoms with Crippen molar-refractivity contribution < 1.29 is 12.7 Å². The van der Waals surface area contributed by atoms with Gasteiger partial charge < -0.3 is 23.7 Å². The van der Waals surface area contributed by atoms with Gasteiger partial charge in [0.1, 0.15) is 0 Å². The molecule has 0 spiro atoms. The molecule has 0 aromatic rings. The first-order chi connectivity index (χ1) is 10.4. The lowest BCUT2D eigenvalue weighted by Crippen LogP contribution is -2.54. The molecule has 0 aliphatic carbocycles. The van der Waals surface area contributed by atoms with E-state index < -0.39 is 34.2 Å². The molecule has 0 aliphatic rings. The maximum Gasteiger partial charge on any atom is 0.325 e. The number of hydrogen-bond donors (Lipinski definition) is 2. The minimum Gasteiger partial charge on any atom is -0.437 e. The molecule has 0 rings (SSSR count). The quantitative estimate of drug-likeness (QED) is 0.294. The molecule has 0 saturated heterocycles. The van der Waals surface area contributed by atoms with Crippen LogP contribution in [0.5, 0.6) is 0 Å². The highest BCUT2D eigenvalue weighted by Crippen LogP contribution is 2.24. The number of nitrogens with two attached hydrogens (primary N) is 1. The van der Waals surface area contributed by atoms with E-state index in [4.69, 9.17) is 18.4 Å². The summed E-state index contributed by atoms with van der Waals surface area (Å²) in [5, 5.41) is 3.36. The molecule has 27 heavy (non-hydrogen) atoms.